The number of nitrogens with one attached hydrogen (secondary N) is 2. The van der Waals surface area contributed by atoms with Gasteiger partial charge in [-0.25, -0.2) is 10.9 Å². The Morgan fingerprint density at radius 3 is 2.88 bits per heavy atom. The van der Waals surface area contributed by atoms with Crippen LogP contribution in [0.4, 0.5) is 5.69 Å². The molecular formula is C15H17N5O4. The van der Waals surface area contributed by atoms with Crippen LogP contribution in [-0.4, -0.2) is 28.2 Å². The van der Waals surface area contributed by atoms with Crippen molar-refractivity contribution in [2.75, 3.05) is 0 Å². The Morgan fingerprint density at radius 1 is 1.50 bits per heavy atom. The summed E-state index contributed by atoms with van der Waals surface area (Å²) in [5.41, 5.74) is 6.36. The molecule has 0 saturated carbocycles. The number of nitro groups is 1. The highest BCUT2D eigenvalue weighted by molar-refractivity contribution is 6.07. The lowest BCUT2D eigenvalue weighted by Crippen LogP contribution is -2.25. The topological polar surface area (TPSA) is 126 Å². The Morgan fingerprint density at radius 2 is 2.25 bits per heavy atom. The van der Waals surface area contributed by atoms with Gasteiger partial charge >= 0.3 is 0 Å². The van der Waals surface area contributed by atoms with Crippen LogP contribution in [0, 0.1) is 16.0 Å². The van der Waals surface area contributed by atoms with Gasteiger partial charge < -0.3 is 0 Å². The summed E-state index contributed by atoms with van der Waals surface area (Å²) in [4.78, 5) is 33.6. The standard InChI is InChI=1S/C15H17N5O4/c1-9(11-4-3-5-12(8-11)20(23)24)16-18-14(21)7-6-13-10(2)17-19-15(13)22/h3-5,8,13H,6-7H2,1-2H3,(H,18,21)(H,19,22)/b16-9+/t13-/m1/s1. The number of hydrogen-bond acceptors (Lipinski definition) is 6. The van der Waals surface area contributed by atoms with Crippen molar-refractivity contribution in [3.05, 3.63) is 39.9 Å². The molecule has 0 radical (unpaired) electrons. The third kappa shape index (κ3) is 4.22. The van der Waals surface area contributed by atoms with Crippen molar-refractivity contribution < 1.29 is 14.5 Å². The molecule has 0 bridgehead atoms. The van der Waals surface area contributed by atoms with Gasteiger partial charge in [0.25, 0.3) is 5.69 Å². The van der Waals surface area contributed by atoms with Gasteiger partial charge in [-0.1, -0.05) is 12.1 Å². The van der Waals surface area contributed by atoms with Crippen LogP contribution in [0.1, 0.15) is 32.3 Å². The van der Waals surface area contributed by atoms with Crippen LogP contribution >= 0.6 is 0 Å². The van der Waals surface area contributed by atoms with Gasteiger partial charge in [0.2, 0.25) is 11.8 Å². The van der Waals surface area contributed by atoms with Crippen molar-refractivity contribution in [2.24, 2.45) is 16.1 Å². The number of non-ortho nitro benzene ring substituents is 1. The van der Waals surface area contributed by atoms with E-state index in [1.807, 2.05) is 0 Å². The van der Waals surface area contributed by atoms with Crippen molar-refractivity contribution >= 4 is 28.9 Å². The monoisotopic (exact) mass is 331 g/mol. The highest BCUT2D eigenvalue weighted by Crippen LogP contribution is 2.15. The van der Waals surface area contributed by atoms with Crippen LogP contribution in [0.25, 0.3) is 0 Å². The molecule has 0 aromatic heterocycles. The quantitative estimate of drug-likeness (QED) is 0.463. The van der Waals surface area contributed by atoms with Gasteiger partial charge in [-0.2, -0.15) is 10.2 Å². The largest absolute Gasteiger partial charge is 0.273 e. The molecule has 1 aliphatic rings. The third-order valence-corrected chi connectivity index (χ3v) is 3.65. The summed E-state index contributed by atoms with van der Waals surface area (Å²) in [5, 5.41) is 18.5. The number of nitrogens with zero attached hydrogens (tertiary/aromatic N) is 3. The van der Waals surface area contributed by atoms with Crippen LogP contribution in [-0.2, 0) is 9.59 Å². The molecule has 0 saturated heterocycles. The predicted octanol–water partition coefficient (Wildman–Crippen LogP) is 1.34. The highest BCUT2D eigenvalue weighted by atomic mass is 16.6. The molecule has 0 fully saturated rings. The van der Waals surface area contributed by atoms with E-state index in [2.05, 4.69) is 21.1 Å². The van der Waals surface area contributed by atoms with Crippen molar-refractivity contribution in [2.45, 2.75) is 26.7 Å². The Hall–Kier alpha value is -3.10. The maximum atomic E-state index is 11.8. The maximum absolute atomic E-state index is 11.8. The minimum atomic E-state index is -0.494. The molecule has 2 rings (SSSR count). The lowest BCUT2D eigenvalue weighted by molar-refractivity contribution is -0.384. The van der Waals surface area contributed by atoms with Crippen LogP contribution in [0.2, 0.25) is 0 Å². The average molecular weight is 331 g/mol. The Balaban J connectivity index is 1.91. The van der Waals surface area contributed by atoms with Crippen LogP contribution < -0.4 is 10.9 Å². The Labute approximate surface area is 138 Å². The maximum Gasteiger partial charge on any atom is 0.270 e. The molecular weight excluding hydrogens is 314 g/mol. The zero-order chi connectivity index (χ0) is 17.7. The number of nitro benzene ring substituents is 1. The van der Waals surface area contributed by atoms with Crippen LogP contribution in [0.3, 0.4) is 0 Å². The molecule has 2 amide bonds. The van der Waals surface area contributed by atoms with Crippen molar-refractivity contribution in [1.82, 2.24) is 10.9 Å². The molecule has 24 heavy (non-hydrogen) atoms. The molecule has 1 atom stereocenters. The zero-order valence-corrected chi connectivity index (χ0v) is 13.3. The number of carbonyl (C=O) groups excluding carboxylic acids is 2. The van der Waals surface area contributed by atoms with E-state index in [4.69, 9.17) is 0 Å². The average Bonchev–Trinajstić information content (AvgIpc) is 2.89. The van der Waals surface area contributed by atoms with Gasteiger partial charge in [-0.05, 0) is 20.3 Å². The summed E-state index contributed by atoms with van der Waals surface area (Å²) in [6, 6.07) is 5.98. The van der Waals surface area contributed by atoms with E-state index >= 15 is 0 Å². The van der Waals surface area contributed by atoms with E-state index < -0.39 is 10.8 Å². The second-order valence-electron chi connectivity index (χ2n) is 5.36. The lowest BCUT2D eigenvalue weighted by atomic mass is 9.99. The highest BCUT2D eigenvalue weighted by Gasteiger charge is 2.27. The molecule has 0 unspecified atom stereocenters. The molecule has 1 aromatic carbocycles. The van der Waals surface area contributed by atoms with Crippen molar-refractivity contribution in [1.29, 1.82) is 0 Å². The van der Waals surface area contributed by atoms with Crippen molar-refractivity contribution in [3.63, 3.8) is 0 Å². The van der Waals surface area contributed by atoms with Gasteiger partial charge in [0.05, 0.1) is 16.6 Å². The second-order valence-corrected chi connectivity index (χ2v) is 5.36. The van der Waals surface area contributed by atoms with E-state index in [1.54, 1.807) is 26.0 Å². The molecule has 126 valence electrons. The first-order valence-corrected chi connectivity index (χ1v) is 7.30. The van der Waals surface area contributed by atoms with Crippen LogP contribution in [0.15, 0.2) is 34.5 Å². The summed E-state index contributed by atoms with van der Waals surface area (Å²) in [6.45, 7) is 3.37. The minimum Gasteiger partial charge on any atom is -0.273 e. The molecule has 1 aliphatic heterocycles. The number of rotatable bonds is 6. The SMILES string of the molecule is CC1=NNC(=O)[C@@H]1CCC(=O)N/N=C(\C)c1cccc([N+](=O)[O-])c1. The van der Waals surface area contributed by atoms with Crippen LogP contribution in [0.5, 0.6) is 0 Å². The molecule has 9 heteroatoms. The molecule has 9 nitrogen and oxygen atoms in total. The summed E-state index contributed by atoms with van der Waals surface area (Å²) < 4.78 is 0. The van der Waals surface area contributed by atoms with Crippen molar-refractivity contribution in [3.8, 4) is 0 Å². The minimum absolute atomic E-state index is 0.0459. The fraction of sp³-hybridized carbons (Fsp3) is 0.333. The number of carbonyl (C=O) groups is 2. The second kappa shape index (κ2) is 7.44. The smallest absolute Gasteiger partial charge is 0.270 e. The van der Waals surface area contributed by atoms with Gasteiger partial charge in [-0.15, -0.1) is 0 Å². The van der Waals surface area contributed by atoms with E-state index in [-0.39, 0.29) is 23.9 Å². The van der Waals surface area contributed by atoms with E-state index in [0.29, 0.717) is 23.4 Å². The molecule has 1 aromatic rings. The van der Waals surface area contributed by atoms with E-state index in [1.165, 1.54) is 12.1 Å². The summed E-state index contributed by atoms with van der Waals surface area (Å²) in [7, 11) is 0. The molecule has 0 spiro atoms. The summed E-state index contributed by atoms with van der Waals surface area (Å²) in [5.74, 6) is -0.943. The third-order valence-electron chi connectivity index (χ3n) is 3.65. The number of hydrazone groups is 2. The van der Waals surface area contributed by atoms with E-state index in [0.717, 1.165) is 0 Å². The van der Waals surface area contributed by atoms with Gasteiger partial charge in [0.1, 0.15) is 0 Å². The van der Waals surface area contributed by atoms with Gasteiger partial charge in [0.15, 0.2) is 0 Å². The first kappa shape index (κ1) is 17.3. The Bertz CT molecular complexity index is 741. The fourth-order valence-corrected chi connectivity index (χ4v) is 2.22. The number of hydrogen-bond donors (Lipinski definition) is 2. The molecule has 2 N–H and O–H groups in total. The zero-order valence-electron chi connectivity index (χ0n) is 13.3. The lowest BCUT2D eigenvalue weighted by Gasteiger charge is -2.07. The van der Waals surface area contributed by atoms with E-state index in [9.17, 15) is 19.7 Å². The number of amides is 2. The normalized spacial score (nSPS) is 17.2. The van der Waals surface area contributed by atoms with Gasteiger partial charge in [-0.3, -0.25) is 19.7 Å². The first-order chi connectivity index (χ1) is 11.4. The first-order valence-electron chi connectivity index (χ1n) is 7.30. The number of benzene rings is 1. The fourth-order valence-electron chi connectivity index (χ4n) is 2.22. The molecule has 1 heterocycles. The summed E-state index contributed by atoms with van der Waals surface area (Å²) in [6.07, 6.45) is 0.467. The summed E-state index contributed by atoms with van der Waals surface area (Å²) >= 11 is 0. The van der Waals surface area contributed by atoms with Gasteiger partial charge in [0, 0.05) is 29.8 Å². The Kier molecular flexibility index (Phi) is 5.35. The molecule has 0 aliphatic carbocycles. The predicted molar refractivity (Wildman–Crippen MR) is 87.4 cm³/mol.